The monoisotopic (exact) mass is 412 g/mol. The molecule has 1 fully saturated rings. The molecule has 1 aromatic carbocycles. The molecule has 1 saturated heterocycles. The van der Waals surface area contributed by atoms with Gasteiger partial charge in [0.25, 0.3) is 5.91 Å². The number of hydrogen-bond acceptors (Lipinski definition) is 10. The fourth-order valence-electron chi connectivity index (χ4n) is 3.15. The Balaban J connectivity index is 1.33. The molecule has 10 nitrogen and oxygen atoms in total. The number of anilines is 3. The van der Waals surface area contributed by atoms with Crippen molar-refractivity contribution in [2.75, 3.05) is 35.7 Å². The van der Waals surface area contributed by atoms with Crippen LogP contribution in [-0.4, -0.2) is 57.5 Å². The average molecular weight is 412 g/mol. The highest BCUT2D eigenvalue weighted by molar-refractivity contribution is 7.19. The summed E-state index contributed by atoms with van der Waals surface area (Å²) in [6, 6.07) is 9.50. The molecule has 4 rings (SSSR count). The van der Waals surface area contributed by atoms with E-state index >= 15 is 0 Å². The van der Waals surface area contributed by atoms with Crippen LogP contribution in [0.25, 0.3) is 0 Å². The van der Waals surface area contributed by atoms with Crippen molar-refractivity contribution < 1.29 is 9.53 Å². The summed E-state index contributed by atoms with van der Waals surface area (Å²) in [7, 11) is 1.50. The van der Waals surface area contributed by atoms with E-state index in [2.05, 4.69) is 40.9 Å². The predicted molar refractivity (Wildman–Crippen MR) is 109 cm³/mol. The number of rotatable bonds is 7. The van der Waals surface area contributed by atoms with Gasteiger partial charge in [0.05, 0.1) is 12.4 Å². The lowest BCUT2D eigenvalue weighted by atomic mass is 10.1. The van der Waals surface area contributed by atoms with E-state index in [0.717, 1.165) is 25.1 Å². The van der Waals surface area contributed by atoms with Crippen LogP contribution in [0.2, 0.25) is 0 Å². The summed E-state index contributed by atoms with van der Waals surface area (Å²) in [6.07, 6.45) is 3.39. The van der Waals surface area contributed by atoms with E-state index in [4.69, 9.17) is 4.74 Å². The van der Waals surface area contributed by atoms with Gasteiger partial charge >= 0.3 is 0 Å². The van der Waals surface area contributed by atoms with Crippen molar-refractivity contribution in [2.24, 2.45) is 0 Å². The molecule has 0 aliphatic carbocycles. The van der Waals surface area contributed by atoms with Crippen LogP contribution in [0.3, 0.4) is 0 Å². The summed E-state index contributed by atoms with van der Waals surface area (Å²) in [5.74, 6) is 0.329. The minimum atomic E-state index is -0.709. The molecule has 11 heteroatoms. The summed E-state index contributed by atoms with van der Waals surface area (Å²) in [5.41, 5.74) is 0.777. The molecule has 1 unspecified atom stereocenters. The third-order valence-corrected chi connectivity index (χ3v) is 5.27. The summed E-state index contributed by atoms with van der Waals surface area (Å²) in [6.45, 7) is 1.57. The van der Waals surface area contributed by atoms with Crippen LogP contribution in [0, 0.1) is 0 Å². The number of ether oxygens (including phenoxy) is 1. The van der Waals surface area contributed by atoms with Gasteiger partial charge in [0, 0.05) is 26.2 Å². The van der Waals surface area contributed by atoms with Gasteiger partial charge in [-0.3, -0.25) is 10.1 Å². The number of amides is 1. The van der Waals surface area contributed by atoms with Crippen molar-refractivity contribution in [1.82, 2.24) is 25.4 Å². The number of benzene rings is 1. The second-order valence-electron chi connectivity index (χ2n) is 6.45. The summed E-state index contributed by atoms with van der Waals surface area (Å²) >= 11 is 1.29. The molecule has 0 bridgehead atoms. The number of nitrogens with zero attached hydrogens (tertiary/aromatic N) is 6. The van der Waals surface area contributed by atoms with Crippen molar-refractivity contribution in [2.45, 2.75) is 18.6 Å². The Morgan fingerprint density at radius 1 is 1.21 bits per heavy atom. The standard InChI is InChI=1S/C18H20N8O2S/c1-28-14(12-5-3-2-4-6-12)15(27)22-18-25-24-17(29-18)21-13-7-10-26(11-13)16-19-8-9-20-23-16/h2-6,8-9,13-14H,7,10-11H2,1H3,(H,21,24)(H,22,25,27)/t13-,14?/m1/s1. The fourth-order valence-corrected chi connectivity index (χ4v) is 3.87. The van der Waals surface area contributed by atoms with Crippen LogP contribution in [0.1, 0.15) is 18.1 Å². The van der Waals surface area contributed by atoms with E-state index in [1.807, 2.05) is 30.3 Å². The Morgan fingerprint density at radius 2 is 2.03 bits per heavy atom. The van der Waals surface area contributed by atoms with Crippen molar-refractivity contribution in [3.05, 3.63) is 48.3 Å². The Kier molecular flexibility index (Phi) is 5.86. The molecule has 1 amide bonds. The number of aromatic nitrogens is 5. The maximum Gasteiger partial charge on any atom is 0.259 e. The zero-order valence-electron chi connectivity index (χ0n) is 15.7. The molecule has 0 spiro atoms. The molecule has 0 saturated carbocycles. The molecular formula is C18H20N8O2S. The van der Waals surface area contributed by atoms with Gasteiger partial charge < -0.3 is 15.0 Å². The largest absolute Gasteiger partial charge is 0.367 e. The Labute approximate surface area is 171 Å². The van der Waals surface area contributed by atoms with Gasteiger partial charge in [-0.15, -0.1) is 15.3 Å². The summed E-state index contributed by atoms with van der Waals surface area (Å²) in [5, 5.41) is 23.3. The van der Waals surface area contributed by atoms with E-state index in [-0.39, 0.29) is 11.9 Å². The zero-order valence-corrected chi connectivity index (χ0v) is 16.5. The summed E-state index contributed by atoms with van der Waals surface area (Å²) in [4.78, 5) is 18.8. The Hall–Kier alpha value is -3.18. The maximum absolute atomic E-state index is 12.6. The summed E-state index contributed by atoms with van der Waals surface area (Å²) < 4.78 is 5.34. The Morgan fingerprint density at radius 3 is 2.79 bits per heavy atom. The van der Waals surface area contributed by atoms with Gasteiger partial charge in [0.15, 0.2) is 6.10 Å². The lowest BCUT2D eigenvalue weighted by molar-refractivity contribution is -0.126. The number of carbonyl (C=O) groups excluding carboxylic acids is 1. The average Bonchev–Trinajstić information content (AvgIpc) is 3.40. The molecule has 2 N–H and O–H groups in total. The molecule has 3 heterocycles. The fraction of sp³-hybridized carbons (Fsp3) is 0.333. The van der Waals surface area contributed by atoms with Crippen molar-refractivity contribution in [3.8, 4) is 0 Å². The first-order chi connectivity index (χ1) is 14.2. The quantitative estimate of drug-likeness (QED) is 0.598. The van der Waals surface area contributed by atoms with Crippen LogP contribution in [-0.2, 0) is 9.53 Å². The van der Waals surface area contributed by atoms with Crippen molar-refractivity contribution in [1.29, 1.82) is 0 Å². The lowest BCUT2D eigenvalue weighted by Crippen LogP contribution is -2.27. The number of methoxy groups -OCH3 is 1. The highest BCUT2D eigenvalue weighted by Crippen LogP contribution is 2.25. The van der Waals surface area contributed by atoms with Gasteiger partial charge in [0.2, 0.25) is 16.2 Å². The minimum Gasteiger partial charge on any atom is -0.367 e. The first-order valence-electron chi connectivity index (χ1n) is 9.10. The third kappa shape index (κ3) is 4.63. The normalized spacial score (nSPS) is 17.1. The van der Waals surface area contributed by atoms with Crippen LogP contribution < -0.4 is 15.5 Å². The molecular weight excluding hydrogens is 392 g/mol. The van der Waals surface area contributed by atoms with E-state index in [1.165, 1.54) is 18.4 Å². The first-order valence-corrected chi connectivity index (χ1v) is 9.92. The molecule has 3 aromatic rings. The third-order valence-electron chi connectivity index (χ3n) is 4.50. The molecule has 2 aromatic heterocycles. The highest BCUT2D eigenvalue weighted by atomic mass is 32.1. The number of nitrogens with one attached hydrogen (secondary N) is 2. The van der Waals surface area contributed by atoms with Crippen molar-refractivity contribution >= 4 is 33.5 Å². The predicted octanol–water partition coefficient (Wildman–Crippen LogP) is 1.74. The van der Waals surface area contributed by atoms with Crippen molar-refractivity contribution in [3.63, 3.8) is 0 Å². The second-order valence-corrected chi connectivity index (χ2v) is 7.42. The topological polar surface area (TPSA) is 118 Å². The molecule has 150 valence electrons. The zero-order chi connectivity index (χ0) is 20.1. The van der Waals surface area contributed by atoms with Crippen LogP contribution >= 0.6 is 11.3 Å². The van der Waals surface area contributed by atoms with Crippen LogP contribution in [0.5, 0.6) is 0 Å². The van der Waals surface area contributed by atoms with E-state index in [0.29, 0.717) is 16.2 Å². The Bertz CT molecular complexity index is 939. The molecule has 1 aliphatic rings. The lowest BCUT2D eigenvalue weighted by Gasteiger charge is -2.15. The smallest absolute Gasteiger partial charge is 0.259 e. The van der Waals surface area contributed by atoms with Gasteiger partial charge in [0.1, 0.15) is 0 Å². The second kappa shape index (κ2) is 8.88. The molecule has 29 heavy (non-hydrogen) atoms. The van der Waals surface area contributed by atoms with Crippen LogP contribution in [0.4, 0.5) is 16.2 Å². The van der Waals surface area contributed by atoms with Crippen LogP contribution in [0.15, 0.2) is 42.7 Å². The minimum absolute atomic E-state index is 0.186. The SMILES string of the molecule is COC(C(=O)Nc1nnc(N[C@@H]2CCN(c3nccnn3)C2)s1)c1ccccc1. The van der Waals surface area contributed by atoms with E-state index in [1.54, 1.807) is 12.4 Å². The number of hydrogen-bond donors (Lipinski definition) is 2. The van der Waals surface area contributed by atoms with Gasteiger partial charge in [-0.2, -0.15) is 5.10 Å². The van der Waals surface area contributed by atoms with Gasteiger partial charge in [-0.05, 0) is 12.0 Å². The maximum atomic E-state index is 12.6. The molecule has 1 aliphatic heterocycles. The highest BCUT2D eigenvalue weighted by Gasteiger charge is 2.26. The van der Waals surface area contributed by atoms with E-state index < -0.39 is 6.10 Å². The first kappa shape index (κ1) is 19.2. The van der Waals surface area contributed by atoms with Gasteiger partial charge in [-0.25, -0.2) is 4.98 Å². The molecule has 2 atom stereocenters. The number of carbonyl (C=O) groups is 1. The van der Waals surface area contributed by atoms with Gasteiger partial charge in [-0.1, -0.05) is 41.7 Å². The molecule has 0 radical (unpaired) electrons. The van der Waals surface area contributed by atoms with E-state index in [9.17, 15) is 4.79 Å².